The van der Waals surface area contributed by atoms with Crippen molar-refractivity contribution in [3.05, 3.63) is 60.2 Å². The van der Waals surface area contributed by atoms with E-state index in [4.69, 9.17) is 4.74 Å². The van der Waals surface area contributed by atoms with E-state index >= 15 is 0 Å². The second kappa shape index (κ2) is 9.08. The van der Waals surface area contributed by atoms with Crippen molar-refractivity contribution in [2.24, 2.45) is 0 Å². The molecule has 2 aromatic carbocycles. The highest BCUT2D eigenvalue weighted by molar-refractivity contribution is 5.94. The highest BCUT2D eigenvalue weighted by Crippen LogP contribution is 2.21. The first-order valence-electron chi connectivity index (χ1n) is 7.70. The van der Waals surface area contributed by atoms with Gasteiger partial charge in [-0.2, -0.15) is 13.2 Å². The highest BCUT2D eigenvalue weighted by Gasteiger charge is 2.27. The zero-order chi connectivity index (χ0) is 18.1. The van der Waals surface area contributed by atoms with E-state index < -0.39 is 12.8 Å². The molecule has 0 aromatic heterocycles. The van der Waals surface area contributed by atoms with Gasteiger partial charge in [0.25, 0.3) is 5.91 Å². The predicted molar refractivity (Wildman–Crippen MR) is 86.8 cm³/mol. The van der Waals surface area contributed by atoms with Gasteiger partial charge in [-0.25, -0.2) is 0 Å². The zero-order valence-corrected chi connectivity index (χ0v) is 13.4. The maximum Gasteiger partial charge on any atom is 0.411 e. The minimum Gasteiger partial charge on any atom is -0.457 e. The minimum atomic E-state index is -4.33. The van der Waals surface area contributed by atoms with Crippen LogP contribution in [0.5, 0.6) is 11.5 Å². The molecule has 134 valence electrons. The molecule has 0 bridgehead atoms. The Balaban J connectivity index is 1.71. The standard InChI is InChI=1S/C18H18F3NO3/c19-18(20,21)13-24-12-4-11-22-17(23)14-7-9-16(10-8-14)25-15-5-2-1-3-6-15/h1-3,5-10H,4,11-13H2,(H,22,23). The number of halogens is 3. The maximum atomic E-state index is 11.9. The van der Waals surface area contributed by atoms with Crippen molar-refractivity contribution in [3.63, 3.8) is 0 Å². The van der Waals surface area contributed by atoms with Gasteiger partial charge >= 0.3 is 6.18 Å². The monoisotopic (exact) mass is 353 g/mol. The molecule has 0 heterocycles. The number of alkyl halides is 3. The smallest absolute Gasteiger partial charge is 0.411 e. The molecule has 0 unspecified atom stereocenters. The van der Waals surface area contributed by atoms with E-state index in [9.17, 15) is 18.0 Å². The number of para-hydroxylation sites is 1. The normalized spacial score (nSPS) is 11.2. The van der Waals surface area contributed by atoms with Gasteiger partial charge in [0.05, 0.1) is 0 Å². The Bertz CT molecular complexity index is 658. The second-order valence-corrected chi connectivity index (χ2v) is 5.22. The summed E-state index contributed by atoms with van der Waals surface area (Å²) in [5.74, 6) is 0.990. The summed E-state index contributed by atoms with van der Waals surface area (Å²) in [5.41, 5.74) is 0.441. The van der Waals surface area contributed by atoms with Crippen LogP contribution in [0.2, 0.25) is 0 Å². The van der Waals surface area contributed by atoms with Crippen molar-refractivity contribution in [3.8, 4) is 11.5 Å². The lowest BCUT2D eigenvalue weighted by molar-refractivity contribution is -0.173. The number of rotatable bonds is 8. The van der Waals surface area contributed by atoms with Gasteiger partial charge in [-0.15, -0.1) is 0 Å². The molecule has 0 aliphatic rings. The molecule has 2 rings (SSSR count). The number of nitrogens with one attached hydrogen (secondary N) is 1. The molecule has 4 nitrogen and oxygen atoms in total. The summed E-state index contributed by atoms with van der Waals surface area (Å²) >= 11 is 0. The molecule has 2 aromatic rings. The number of carbonyl (C=O) groups excluding carboxylic acids is 1. The molecule has 25 heavy (non-hydrogen) atoms. The van der Waals surface area contributed by atoms with E-state index in [1.165, 1.54) is 0 Å². The Labute approximate surface area is 143 Å². The second-order valence-electron chi connectivity index (χ2n) is 5.22. The minimum absolute atomic E-state index is 0.0658. The molecule has 1 N–H and O–H groups in total. The molecule has 0 spiro atoms. The number of ether oxygens (including phenoxy) is 2. The third kappa shape index (κ3) is 7.26. The first kappa shape index (κ1) is 18.8. The SMILES string of the molecule is O=C(NCCCOCC(F)(F)F)c1ccc(Oc2ccccc2)cc1. The van der Waals surface area contributed by atoms with E-state index in [0.29, 0.717) is 23.5 Å². The third-order valence-electron chi connectivity index (χ3n) is 3.11. The van der Waals surface area contributed by atoms with Crippen LogP contribution in [0.1, 0.15) is 16.8 Å². The molecule has 0 aliphatic heterocycles. The van der Waals surface area contributed by atoms with Crippen LogP contribution in [0, 0.1) is 0 Å². The van der Waals surface area contributed by atoms with E-state index in [1.807, 2.05) is 30.3 Å². The molecule has 1 amide bonds. The maximum absolute atomic E-state index is 11.9. The molecule has 0 radical (unpaired) electrons. The Morgan fingerprint density at radius 3 is 2.24 bits per heavy atom. The van der Waals surface area contributed by atoms with Crippen LogP contribution >= 0.6 is 0 Å². The summed E-state index contributed by atoms with van der Waals surface area (Å²) in [7, 11) is 0. The number of hydrogen-bond acceptors (Lipinski definition) is 3. The first-order valence-corrected chi connectivity index (χ1v) is 7.70. The molecular formula is C18H18F3NO3. The summed E-state index contributed by atoms with van der Waals surface area (Å²) in [5, 5.41) is 2.62. The van der Waals surface area contributed by atoms with Gasteiger partial charge in [0.1, 0.15) is 18.1 Å². The fraction of sp³-hybridized carbons (Fsp3) is 0.278. The van der Waals surface area contributed by atoms with Gasteiger partial charge in [0, 0.05) is 18.7 Å². The fourth-order valence-corrected chi connectivity index (χ4v) is 1.97. The van der Waals surface area contributed by atoms with Gasteiger partial charge in [-0.3, -0.25) is 4.79 Å². The van der Waals surface area contributed by atoms with Crippen LogP contribution < -0.4 is 10.1 Å². The van der Waals surface area contributed by atoms with Crippen LogP contribution in [-0.2, 0) is 4.74 Å². The zero-order valence-electron chi connectivity index (χ0n) is 13.4. The van der Waals surface area contributed by atoms with E-state index in [0.717, 1.165) is 0 Å². The van der Waals surface area contributed by atoms with Gasteiger partial charge in [0.15, 0.2) is 0 Å². The molecule has 0 aliphatic carbocycles. The lowest BCUT2D eigenvalue weighted by Gasteiger charge is -2.09. The van der Waals surface area contributed by atoms with Crippen molar-refractivity contribution >= 4 is 5.91 Å². The van der Waals surface area contributed by atoms with Crippen LogP contribution in [0.4, 0.5) is 13.2 Å². The molecule has 0 fully saturated rings. The summed E-state index contributed by atoms with van der Waals surface area (Å²) in [6.07, 6.45) is -4.02. The topological polar surface area (TPSA) is 47.6 Å². The van der Waals surface area contributed by atoms with Gasteiger partial charge in [0.2, 0.25) is 0 Å². The average molecular weight is 353 g/mol. The van der Waals surface area contributed by atoms with Crippen molar-refractivity contribution < 1.29 is 27.4 Å². The van der Waals surface area contributed by atoms with Crippen LogP contribution in [0.25, 0.3) is 0 Å². The summed E-state index contributed by atoms with van der Waals surface area (Å²) in [6, 6.07) is 15.8. The van der Waals surface area contributed by atoms with Crippen molar-refractivity contribution in [1.29, 1.82) is 0 Å². The number of amides is 1. The summed E-state index contributed by atoms with van der Waals surface area (Å²) < 4.78 is 45.7. The summed E-state index contributed by atoms with van der Waals surface area (Å²) in [6.45, 7) is -1.10. The first-order chi connectivity index (χ1) is 11.9. The fourth-order valence-electron chi connectivity index (χ4n) is 1.97. The Morgan fingerprint density at radius 1 is 0.960 bits per heavy atom. The van der Waals surface area contributed by atoms with Gasteiger partial charge < -0.3 is 14.8 Å². The lowest BCUT2D eigenvalue weighted by atomic mass is 10.2. The van der Waals surface area contributed by atoms with E-state index in [2.05, 4.69) is 10.1 Å². The molecule has 0 atom stereocenters. The number of hydrogen-bond donors (Lipinski definition) is 1. The summed E-state index contributed by atoms with van der Waals surface area (Å²) in [4.78, 5) is 11.9. The third-order valence-corrected chi connectivity index (χ3v) is 3.11. The van der Waals surface area contributed by atoms with E-state index in [1.54, 1.807) is 24.3 Å². The van der Waals surface area contributed by atoms with Gasteiger partial charge in [-0.1, -0.05) is 18.2 Å². The van der Waals surface area contributed by atoms with Crippen molar-refractivity contribution in [1.82, 2.24) is 5.32 Å². The lowest BCUT2D eigenvalue weighted by Crippen LogP contribution is -2.26. The quantitative estimate of drug-likeness (QED) is 0.725. The van der Waals surface area contributed by atoms with Crippen molar-refractivity contribution in [2.45, 2.75) is 12.6 Å². The largest absolute Gasteiger partial charge is 0.457 e. The Kier molecular flexibility index (Phi) is 6.82. The number of benzene rings is 2. The molecule has 0 saturated heterocycles. The van der Waals surface area contributed by atoms with Crippen LogP contribution in [0.3, 0.4) is 0 Å². The molecular weight excluding hydrogens is 335 g/mol. The van der Waals surface area contributed by atoms with Gasteiger partial charge in [-0.05, 0) is 42.8 Å². The van der Waals surface area contributed by atoms with E-state index in [-0.39, 0.29) is 19.1 Å². The molecule has 7 heteroatoms. The average Bonchev–Trinajstić information content (AvgIpc) is 2.58. The van der Waals surface area contributed by atoms with Crippen LogP contribution in [0.15, 0.2) is 54.6 Å². The Hall–Kier alpha value is -2.54. The van der Waals surface area contributed by atoms with Crippen molar-refractivity contribution in [2.75, 3.05) is 19.8 Å². The molecule has 0 saturated carbocycles. The highest BCUT2D eigenvalue weighted by atomic mass is 19.4. The number of carbonyl (C=O) groups is 1. The Morgan fingerprint density at radius 2 is 1.60 bits per heavy atom. The predicted octanol–water partition coefficient (Wildman–Crippen LogP) is 4.18. The van der Waals surface area contributed by atoms with Crippen LogP contribution in [-0.4, -0.2) is 31.8 Å².